The van der Waals surface area contributed by atoms with E-state index in [2.05, 4.69) is 43.4 Å². The van der Waals surface area contributed by atoms with Gasteiger partial charge in [0.25, 0.3) is 0 Å². The average molecular weight is 438 g/mol. The molecule has 7 nitrogen and oxygen atoms in total. The van der Waals surface area contributed by atoms with Gasteiger partial charge in [0.2, 0.25) is 0 Å². The lowest BCUT2D eigenvalue weighted by Gasteiger charge is -2.32. The van der Waals surface area contributed by atoms with Crippen LogP contribution in [0, 0.1) is 5.92 Å². The second-order valence-electron chi connectivity index (χ2n) is 9.62. The highest BCUT2D eigenvalue weighted by Gasteiger charge is 2.25. The lowest BCUT2D eigenvalue weighted by Crippen LogP contribution is -2.54. The SMILES string of the molecule is CN=C(NCC1CCN(Cc2cccs2)CC1)NCC(C)(C)NC(=O)OC(C)(C)C. The fourth-order valence-corrected chi connectivity index (χ4v) is 4.11. The smallest absolute Gasteiger partial charge is 0.408 e. The molecule has 2 heterocycles. The van der Waals surface area contributed by atoms with Gasteiger partial charge < -0.3 is 20.7 Å². The van der Waals surface area contributed by atoms with E-state index in [1.807, 2.05) is 46.0 Å². The molecule has 0 aromatic carbocycles. The maximum Gasteiger partial charge on any atom is 0.408 e. The minimum Gasteiger partial charge on any atom is -0.444 e. The molecule has 0 unspecified atom stereocenters. The van der Waals surface area contributed by atoms with Crippen LogP contribution in [0.15, 0.2) is 22.5 Å². The van der Waals surface area contributed by atoms with Crippen molar-refractivity contribution in [3.8, 4) is 0 Å². The van der Waals surface area contributed by atoms with Crippen molar-refractivity contribution in [2.24, 2.45) is 10.9 Å². The molecule has 30 heavy (non-hydrogen) atoms. The van der Waals surface area contributed by atoms with Crippen LogP contribution >= 0.6 is 11.3 Å². The molecule has 1 amide bonds. The van der Waals surface area contributed by atoms with E-state index < -0.39 is 17.2 Å². The number of carbonyl (C=O) groups excluding carboxylic acids is 1. The molecule has 0 saturated carbocycles. The van der Waals surface area contributed by atoms with Gasteiger partial charge in [-0.2, -0.15) is 0 Å². The number of hydrogen-bond acceptors (Lipinski definition) is 5. The van der Waals surface area contributed by atoms with Crippen LogP contribution in [0.3, 0.4) is 0 Å². The first kappa shape index (κ1) is 24.5. The van der Waals surface area contributed by atoms with E-state index in [4.69, 9.17) is 4.74 Å². The zero-order valence-corrected chi connectivity index (χ0v) is 20.2. The number of rotatable bonds is 7. The second kappa shape index (κ2) is 11.0. The summed E-state index contributed by atoms with van der Waals surface area (Å²) in [5, 5.41) is 11.8. The highest BCUT2D eigenvalue weighted by Crippen LogP contribution is 2.20. The number of nitrogens with zero attached hydrogens (tertiary/aromatic N) is 2. The van der Waals surface area contributed by atoms with E-state index in [9.17, 15) is 4.79 Å². The van der Waals surface area contributed by atoms with E-state index >= 15 is 0 Å². The number of piperidine rings is 1. The molecule has 0 atom stereocenters. The van der Waals surface area contributed by atoms with E-state index in [0.717, 1.165) is 32.1 Å². The van der Waals surface area contributed by atoms with Crippen molar-refractivity contribution < 1.29 is 9.53 Å². The van der Waals surface area contributed by atoms with Crippen LogP contribution in [0.2, 0.25) is 0 Å². The third-order valence-corrected chi connectivity index (χ3v) is 5.85. The molecule has 1 aliphatic rings. The van der Waals surface area contributed by atoms with Gasteiger partial charge in [0.1, 0.15) is 5.60 Å². The molecule has 2 rings (SSSR count). The molecule has 170 valence electrons. The molecular formula is C22H39N5O2S. The summed E-state index contributed by atoms with van der Waals surface area (Å²) >= 11 is 1.84. The summed E-state index contributed by atoms with van der Waals surface area (Å²) in [6.07, 6.45) is 1.98. The lowest BCUT2D eigenvalue weighted by molar-refractivity contribution is 0.0474. The van der Waals surface area contributed by atoms with Crippen LogP contribution in [0.4, 0.5) is 4.79 Å². The van der Waals surface area contributed by atoms with Gasteiger partial charge in [-0.15, -0.1) is 11.3 Å². The molecular weight excluding hydrogens is 398 g/mol. The summed E-state index contributed by atoms with van der Waals surface area (Å²) in [4.78, 5) is 20.3. The Balaban J connectivity index is 1.67. The molecule has 8 heteroatoms. The first-order valence-corrected chi connectivity index (χ1v) is 11.6. The zero-order valence-electron chi connectivity index (χ0n) is 19.4. The van der Waals surface area contributed by atoms with Crippen molar-refractivity contribution in [2.75, 3.05) is 33.2 Å². The van der Waals surface area contributed by atoms with E-state index in [1.165, 1.54) is 17.7 Å². The van der Waals surface area contributed by atoms with Crippen LogP contribution in [0.1, 0.15) is 52.3 Å². The molecule has 1 aromatic heterocycles. The monoisotopic (exact) mass is 437 g/mol. The number of ether oxygens (including phenoxy) is 1. The predicted octanol–water partition coefficient (Wildman–Crippen LogP) is 3.43. The van der Waals surface area contributed by atoms with Gasteiger partial charge in [-0.25, -0.2) is 4.79 Å². The molecule has 1 fully saturated rings. The molecule has 1 aliphatic heterocycles. The van der Waals surface area contributed by atoms with Gasteiger partial charge in [0.15, 0.2) is 5.96 Å². The van der Waals surface area contributed by atoms with Gasteiger partial charge in [0, 0.05) is 31.6 Å². The summed E-state index contributed by atoms with van der Waals surface area (Å²) in [6.45, 7) is 14.3. The molecule has 1 aromatic rings. The lowest BCUT2D eigenvalue weighted by atomic mass is 9.97. The Bertz CT molecular complexity index is 674. The third-order valence-electron chi connectivity index (χ3n) is 4.99. The standard InChI is InChI=1S/C22H39N5O2S/c1-21(2,3)29-20(28)26-22(4,5)16-25-19(23-6)24-14-17-9-11-27(12-10-17)15-18-8-7-13-30-18/h7-8,13,17H,9-12,14-16H2,1-6H3,(H,26,28)(H2,23,24,25). The van der Waals surface area contributed by atoms with Crippen molar-refractivity contribution >= 4 is 23.4 Å². The summed E-state index contributed by atoms with van der Waals surface area (Å²) < 4.78 is 5.35. The van der Waals surface area contributed by atoms with Crippen molar-refractivity contribution in [3.63, 3.8) is 0 Å². The third kappa shape index (κ3) is 9.34. The van der Waals surface area contributed by atoms with Crippen LogP contribution < -0.4 is 16.0 Å². The van der Waals surface area contributed by atoms with E-state index in [1.54, 1.807) is 7.05 Å². The molecule has 0 bridgehead atoms. The molecule has 1 saturated heterocycles. The number of amides is 1. The number of guanidine groups is 1. The normalized spacial score (nSPS) is 16.9. The van der Waals surface area contributed by atoms with Gasteiger partial charge in [-0.05, 0) is 77.9 Å². The maximum atomic E-state index is 12.0. The minimum atomic E-state index is -0.509. The fraction of sp³-hybridized carbons (Fsp3) is 0.727. The topological polar surface area (TPSA) is 78.0 Å². The number of carbonyl (C=O) groups is 1. The Morgan fingerprint density at radius 2 is 1.93 bits per heavy atom. The van der Waals surface area contributed by atoms with Gasteiger partial charge >= 0.3 is 6.09 Å². The van der Waals surface area contributed by atoms with Crippen LogP contribution in [-0.4, -0.2) is 61.3 Å². The summed E-state index contributed by atoms with van der Waals surface area (Å²) in [5.41, 5.74) is -0.975. The summed E-state index contributed by atoms with van der Waals surface area (Å²) in [6, 6.07) is 4.34. The van der Waals surface area contributed by atoms with Crippen LogP contribution in [-0.2, 0) is 11.3 Å². The Hall–Kier alpha value is -1.80. The Labute approximate surface area is 185 Å². The highest BCUT2D eigenvalue weighted by molar-refractivity contribution is 7.09. The molecule has 0 radical (unpaired) electrons. The number of hydrogen-bond donors (Lipinski definition) is 3. The average Bonchev–Trinajstić information content (AvgIpc) is 3.14. The van der Waals surface area contributed by atoms with Crippen LogP contribution in [0.5, 0.6) is 0 Å². The van der Waals surface area contributed by atoms with E-state index in [-0.39, 0.29) is 0 Å². The Morgan fingerprint density at radius 3 is 2.50 bits per heavy atom. The Kier molecular flexibility index (Phi) is 8.97. The van der Waals surface area contributed by atoms with Crippen LogP contribution in [0.25, 0.3) is 0 Å². The number of nitrogens with one attached hydrogen (secondary N) is 3. The minimum absolute atomic E-state index is 0.411. The summed E-state index contributed by atoms with van der Waals surface area (Å²) in [5.74, 6) is 1.41. The summed E-state index contributed by atoms with van der Waals surface area (Å²) in [7, 11) is 1.77. The quantitative estimate of drug-likeness (QED) is 0.450. The van der Waals surface area contributed by atoms with Crippen molar-refractivity contribution in [3.05, 3.63) is 22.4 Å². The van der Waals surface area contributed by atoms with Gasteiger partial charge in [-0.1, -0.05) is 6.07 Å². The fourth-order valence-electron chi connectivity index (χ4n) is 3.36. The van der Waals surface area contributed by atoms with Crippen molar-refractivity contribution in [1.29, 1.82) is 0 Å². The largest absolute Gasteiger partial charge is 0.444 e. The number of aliphatic imine (C=N–C) groups is 1. The number of alkyl carbamates (subject to hydrolysis) is 1. The Morgan fingerprint density at radius 1 is 1.23 bits per heavy atom. The van der Waals surface area contributed by atoms with Crippen molar-refractivity contribution in [1.82, 2.24) is 20.9 Å². The first-order valence-electron chi connectivity index (χ1n) is 10.8. The first-order chi connectivity index (χ1) is 14.1. The van der Waals surface area contributed by atoms with E-state index in [0.29, 0.717) is 12.5 Å². The second-order valence-corrected chi connectivity index (χ2v) is 10.6. The highest BCUT2D eigenvalue weighted by atomic mass is 32.1. The van der Waals surface area contributed by atoms with Gasteiger partial charge in [-0.3, -0.25) is 9.89 Å². The van der Waals surface area contributed by atoms with Gasteiger partial charge in [0.05, 0.1) is 5.54 Å². The maximum absolute atomic E-state index is 12.0. The van der Waals surface area contributed by atoms with Crippen molar-refractivity contribution in [2.45, 2.75) is 65.1 Å². The molecule has 3 N–H and O–H groups in total. The predicted molar refractivity (Wildman–Crippen MR) is 125 cm³/mol. The molecule has 0 aliphatic carbocycles. The number of thiophene rings is 1. The molecule has 0 spiro atoms. The zero-order chi connectivity index (χ0) is 22.2. The number of likely N-dealkylation sites (tertiary alicyclic amines) is 1.